The lowest BCUT2D eigenvalue weighted by Crippen LogP contribution is -2.41. The van der Waals surface area contributed by atoms with Gasteiger partial charge in [-0.15, -0.1) is 6.58 Å². The number of fused-ring (bicyclic) bond motifs is 1. The molecule has 17 heavy (non-hydrogen) atoms. The summed E-state index contributed by atoms with van der Waals surface area (Å²) in [4.78, 5) is 14.0. The molecule has 0 bridgehead atoms. The predicted molar refractivity (Wildman–Crippen MR) is 74.4 cm³/mol. The van der Waals surface area contributed by atoms with Gasteiger partial charge in [-0.25, -0.2) is 0 Å². The van der Waals surface area contributed by atoms with Crippen LogP contribution in [0.4, 0.5) is 0 Å². The van der Waals surface area contributed by atoms with Crippen LogP contribution in [0.25, 0.3) is 0 Å². The van der Waals surface area contributed by atoms with Gasteiger partial charge in [0, 0.05) is 6.54 Å². The van der Waals surface area contributed by atoms with E-state index in [0.717, 1.165) is 12.0 Å². The largest absolute Gasteiger partial charge is 0.331 e. The Morgan fingerprint density at radius 1 is 1.47 bits per heavy atom. The Hall–Kier alpha value is -1.09. The van der Waals surface area contributed by atoms with Crippen molar-refractivity contribution in [3.63, 3.8) is 0 Å². The Bertz CT molecular complexity index is 416. The quantitative estimate of drug-likeness (QED) is 0.543. The van der Waals surface area contributed by atoms with Crippen LogP contribution < -0.4 is 0 Å². The molecule has 1 amide bonds. The van der Waals surface area contributed by atoms with Crippen LogP contribution in [0.1, 0.15) is 6.42 Å². The van der Waals surface area contributed by atoms with Crippen LogP contribution in [0.15, 0.2) is 36.1 Å². The van der Waals surface area contributed by atoms with E-state index in [0.29, 0.717) is 6.54 Å². The van der Waals surface area contributed by atoms with Crippen molar-refractivity contribution in [1.29, 1.82) is 0 Å². The summed E-state index contributed by atoms with van der Waals surface area (Å²) in [5.41, 5.74) is 1.14. The van der Waals surface area contributed by atoms with Gasteiger partial charge >= 0.3 is 0 Å². The molecule has 0 aromatic carbocycles. The van der Waals surface area contributed by atoms with E-state index in [-0.39, 0.29) is 17.9 Å². The normalized spacial score (nSPS) is 29.1. The SMILES string of the molecule is C=C[C@H]1C[C@H]2C=C([Si](C)(C)C)C(=C)CN2C1=O. The van der Waals surface area contributed by atoms with Gasteiger partial charge in [0.25, 0.3) is 0 Å². The molecule has 0 aromatic heterocycles. The number of carbonyl (C=O) groups excluding carboxylic acids is 1. The number of hydrogen-bond donors (Lipinski definition) is 0. The second-order valence-corrected chi connectivity index (χ2v) is 11.1. The molecule has 0 aromatic rings. The van der Waals surface area contributed by atoms with Gasteiger partial charge in [0.05, 0.1) is 20.0 Å². The Morgan fingerprint density at radius 2 is 2.12 bits per heavy atom. The van der Waals surface area contributed by atoms with Crippen molar-refractivity contribution < 1.29 is 4.79 Å². The molecular formula is C14H21NOSi. The van der Waals surface area contributed by atoms with E-state index in [1.807, 2.05) is 4.90 Å². The Morgan fingerprint density at radius 3 is 2.65 bits per heavy atom. The maximum atomic E-state index is 12.1. The molecule has 0 radical (unpaired) electrons. The van der Waals surface area contributed by atoms with Gasteiger partial charge in [-0.05, 0) is 12.0 Å². The van der Waals surface area contributed by atoms with Gasteiger partial charge < -0.3 is 4.90 Å². The van der Waals surface area contributed by atoms with Gasteiger partial charge in [-0.1, -0.05) is 43.6 Å². The number of rotatable bonds is 2. The van der Waals surface area contributed by atoms with E-state index in [4.69, 9.17) is 0 Å². The number of amides is 1. The minimum Gasteiger partial charge on any atom is -0.331 e. The van der Waals surface area contributed by atoms with Crippen molar-refractivity contribution >= 4 is 14.0 Å². The molecule has 0 unspecified atom stereocenters. The molecule has 2 rings (SSSR count). The first-order valence-corrected chi connectivity index (χ1v) is 9.68. The van der Waals surface area contributed by atoms with Gasteiger partial charge in [0.2, 0.25) is 5.91 Å². The van der Waals surface area contributed by atoms with Crippen molar-refractivity contribution in [3.8, 4) is 0 Å². The molecule has 2 heterocycles. The first-order chi connectivity index (χ1) is 7.84. The molecule has 1 fully saturated rings. The van der Waals surface area contributed by atoms with Crippen LogP contribution in [-0.4, -0.2) is 31.5 Å². The zero-order valence-electron chi connectivity index (χ0n) is 11.0. The summed E-state index contributed by atoms with van der Waals surface area (Å²) in [6.45, 7) is 15.6. The highest BCUT2D eigenvalue weighted by molar-refractivity contribution is 6.84. The van der Waals surface area contributed by atoms with Crippen LogP contribution in [0, 0.1) is 5.92 Å². The number of carbonyl (C=O) groups is 1. The second-order valence-electron chi connectivity index (χ2n) is 6.05. The Labute approximate surface area is 105 Å². The van der Waals surface area contributed by atoms with Crippen molar-refractivity contribution in [2.45, 2.75) is 32.1 Å². The maximum absolute atomic E-state index is 12.1. The van der Waals surface area contributed by atoms with E-state index in [1.54, 1.807) is 6.08 Å². The highest BCUT2D eigenvalue weighted by Gasteiger charge is 2.41. The molecule has 1 saturated heterocycles. The van der Waals surface area contributed by atoms with E-state index in [2.05, 4.69) is 38.9 Å². The van der Waals surface area contributed by atoms with E-state index < -0.39 is 8.07 Å². The zero-order chi connectivity index (χ0) is 12.8. The molecule has 2 aliphatic rings. The van der Waals surface area contributed by atoms with Crippen LogP contribution in [0.3, 0.4) is 0 Å². The average Bonchev–Trinajstić information content (AvgIpc) is 2.53. The zero-order valence-corrected chi connectivity index (χ0v) is 12.0. The van der Waals surface area contributed by atoms with Gasteiger partial charge in [-0.3, -0.25) is 4.79 Å². The van der Waals surface area contributed by atoms with E-state index >= 15 is 0 Å². The third kappa shape index (κ3) is 2.04. The van der Waals surface area contributed by atoms with Crippen LogP contribution in [-0.2, 0) is 4.79 Å². The molecule has 2 aliphatic heterocycles. The fourth-order valence-corrected chi connectivity index (χ4v) is 4.63. The van der Waals surface area contributed by atoms with E-state index in [1.165, 1.54) is 5.20 Å². The van der Waals surface area contributed by atoms with Crippen molar-refractivity contribution in [2.24, 2.45) is 5.92 Å². The monoisotopic (exact) mass is 247 g/mol. The summed E-state index contributed by atoms with van der Waals surface area (Å²) >= 11 is 0. The van der Waals surface area contributed by atoms with Crippen LogP contribution in [0.2, 0.25) is 19.6 Å². The molecule has 3 heteroatoms. The third-order valence-corrected chi connectivity index (χ3v) is 5.83. The first-order valence-electron chi connectivity index (χ1n) is 6.18. The van der Waals surface area contributed by atoms with Gasteiger partial charge in [0.1, 0.15) is 0 Å². The third-order valence-electron chi connectivity index (χ3n) is 3.69. The molecule has 2 atom stereocenters. The minimum absolute atomic E-state index is 0.00466. The van der Waals surface area contributed by atoms with Gasteiger partial charge in [-0.2, -0.15) is 0 Å². The van der Waals surface area contributed by atoms with Crippen molar-refractivity contribution in [1.82, 2.24) is 4.90 Å². The van der Waals surface area contributed by atoms with Crippen LogP contribution >= 0.6 is 0 Å². The molecule has 92 valence electrons. The average molecular weight is 247 g/mol. The maximum Gasteiger partial charge on any atom is 0.230 e. The minimum atomic E-state index is -1.34. The standard InChI is InChI=1S/C14H21NOSi/c1-6-11-7-12-8-13(17(3,4)5)10(2)9-15(12)14(11)16/h6,8,11-12H,1-2,7,9H2,3-5H3/t11-,12-/m0/s1. The van der Waals surface area contributed by atoms with Crippen LogP contribution in [0.5, 0.6) is 0 Å². The lowest BCUT2D eigenvalue weighted by atomic mass is 10.0. The summed E-state index contributed by atoms with van der Waals surface area (Å²) in [5, 5.41) is 1.44. The first kappa shape index (κ1) is 12.4. The predicted octanol–water partition coefficient (Wildman–Crippen LogP) is 2.76. The molecule has 2 nitrogen and oxygen atoms in total. The van der Waals surface area contributed by atoms with Crippen molar-refractivity contribution in [2.75, 3.05) is 6.54 Å². The topological polar surface area (TPSA) is 20.3 Å². The summed E-state index contributed by atoms with van der Waals surface area (Å²) in [6, 6.07) is 0.276. The van der Waals surface area contributed by atoms with Gasteiger partial charge in [0.15, 0.2) is 0 Å². The highest BCUT2D eigenvalue weighted by atomic mass is 28.3. The lowest BCUT2D eigenvalue weighted by molar-refractivity contribution is -0.130. The Kier molecular flexibility index (Phi) is 2.90. The summed E-state index contributed by atoms with van der Waals surface area (Å²) in [6.07, 6.45) is 4.97. The lowest BCUT2D eigenvalue weighted by Gasteiger charge is -2.34. The summed E-state index contributed by atoms with van der Waals surface area (Å²) in [5.74, 6) is 0.224. The molecule has 0 saturated carbocycles. The summed E-state index contributed by atoms with van der Waals surface area (Å²) < 4.78 is 0. The molecule has 0 N–H and O–H groups in total. The molecular weight excluding hydrogens is 226 g/mol. The molecule has 0 spiro atoms. The Balaban J connectivity index is 2.33. The fraction of sp³-hybridized carbons (Fsp3) is 0.500. The van der Waals surface area contributed by atoms with E-state index in [9.17, 15) is 4.79 Å². The number of nitrogens with zero attached hydrogens (tertiary/aromatic N) is 1. The highest BCUT2D eigenvalue weighted by Crippen LogP contribution is 2.35. The summed E-state index contributed by atoms with van der Waals surface area (Å²) in [7, 11) is -1.34. The smallest absolute Gasteiger partial charge is 0.230 e. The second kappa shape index (κ2) is 3.98. The number of hydrogen-bond acceptors (Lipinski definition) is 1. The molecule has 0 aliphatic carbocycles. The van der Waals surface area contributed by atoms with Crippen molar-refractivity contribution in [3.05, 3.63) is 36.1 Å². The fourth-order valence-electron chi connectivity index (χ4n) is 2.80.